The molecule has 0 amide bonds. The van der Waals surface area contributed by atoms with Crippen LogP contribution in [-0.2, 0) is 11.2 Å². The second-order valence-corrected chi connectivity index (χ2v) is 8.07. The zero-order chi connectivity index (χ0) is 18.3. The lowest BCUT2D eigenvalue weighted by molar-refractivity contribution is 0.122. The minimum atomic E-state index is 0.314. The van der Waals surface area contributed by atoms with Gasteiger partial charge in [-0.15, -0.1) is 11.3 Å². The monoisotopic (exact) mass is 387 g/mol. The quantitative estimate of drug-likeness (QED) is 0.591. The van der Waals surface area contributed by atoms with E-state index in [-0.39, 0.29) is 0 Å². The maximum atomic E-state index is 6.27. The Balaban J connectivity index is 1.99. The summed E-state index contributed by atoms with van der Waals surface area (Å²) in [5.74, 6) is 0.937. The maximum Gasteiger partial charge on any atom is 0.225 e. The van der Waals surface area contributed by atoms with Crippen molar-refractivity contribution in [2.45, 2.75) is 27.2 Å². The van der Waals surface area contributed by atoms with Gasteiger partial charge >= 0.3 is 0 Å². The number of hydrogen-bond donors (Lipinski definition) is 0. The smallest absolute Gasteiger partial charge is 0.225 e. The minimum Gasteiger partial charge on any atom is -0.378 e. The summed E-state index contributed by atoms with van der Waals surface area (Å²) < 4.78 is 5.52. The predicted molar refractivity (Wildman–Crippen MR) is 110 cm³/mol. The first-order valence-corrected chi connectivity index (χ1v) is 10.2. The van der Waals surface area contributed by atoms with Gasteiger partial charge < -0.3 is 9.64 Å². The van der Waals surface area contributed by atoms with E-state index < -0.39 is 0 Å². The first-order chi connectivity index (χ1) is 12.6. The third kappa shape index (κ3) is 3.08. The van der Waals surface area contributed by atoms with Crippen LogP contribution in [0.15, 0.2) is 18.2 Å². The number of hydrogen-bond acceptors (Lipinski definition) is 5. The van der Waals surface area contributed by atoms with Crippen molar-refractivity contribution in [3.05, 3.63) is 39.5 Å². The molecule has 1 aliphatic heterocycles. The molecule has 1 saturated heterocycles. The lowest BCUT2D eigenvalue weighted by Crippen LogP contribution is -2.37. The summed E-state index contributed by atoms with van der Waals surface area (Å²) in [6.45, 7) is 9.58. The molecule has 1 fully saturated rings. The van der Waals surface area contributed by atoms with Crippen molar-refractivity contribution in [2.24, 2.45) is 0 Å². The van der Waals surface area contributed by atoms with Gasteiger partial charge in [-0.3, -0.25) is 0 Å². The van der Waals surface area contributed by atoms with Crippen LogP contribution in [0.5, 0.6) is 0 Å². The van der Waals surface area contributed by atoms with Gasteiger partial charge in [-0.1, -0.05) is 25.1 Å². The van der Waals surface area contributed by atoms with Crippen LogP contribution in [0.2, 0.25) is 5.28 Å². The first-order valence-electron chi connectivity index (χ1n) is 8.97. The summed E-state index contributed by atoms with van der Waals surface area (Å²) in [5.41, 5.74) is 5.09. The van der Waals surface area contributed by atoms with Crippen molar-refractivity contribution in [1.29, 1.82) is 0 Å². The number of benzene rings is 1. The van der Waals surface area contributed by atoms with E-state index in [2.05, 4.69) is 53.8 Å². The highest BCUT2D eigenvalue weighted by Gasteiger charge is 2.23. The molecule has 4 rings (SSSR count). The van der Waals surface area contributed by atoms with Crippen LogP contribution < -0.4 is 4.90 Å². The Kier molecular flexibility index (Phi) is 4.86. The molecule has 3 heterocycles. The van der Waals surface area contributed by atoms with Crippen molar-refractivity contribution in [3.63, 3.8) is 0 Å². The van der Waals surface area contributed by atoms with E-state index in [0.29, 0.717) is 18.5 Å². The highest BCUT2D eigenvalue weighted by atomic mass is 35.5. The van der Waals surface area contributed by atoms with E-state index in [4.69, 9.17) is 16.3 Å². The molecule has 3 aromatic rings. The number of morpholine rings is 1. The normalized spacial score (nSPS) is 15.0. The summed E-state index contributed by atoms with van der Waals surface area (Å²) in [6.07, 6.45) is 0.962. The summed E-state index contributed by atoms with van der Waals surface area (Å²) in [6, 6.07) is 6.67. The largest absolute Gasteiger partial charge is 0.378 e. The first kappa shape index (κ1) is 17.7. The molecule has 0 radical (unpaired) electrons. The fraction of sp³-hybridized carbons (Fsp3) is 0.400. The van der Waals surface area contributed by atoms with E-state index in [1.165, 1.54) is 27.1 Å². The summed E-state index contributed by atoms with van der Waals surface area (Å²) in [7, 11) is 0. The Bertz CT molecular complexity index is 963. The third-order valence-corrected chi connectivity index (χ3v) is 6.40. The maximum absolute atomic E-state index is 6.27. The van der Waals surface area contributed by atoms with Crippen LogP contribution in [-0.4, -0.2) is 36.3 Å². The van der Waals surface area contributed by atoms with E-state index >= 15 is 0 Å². The number of rotatable bonds is 3. The zero-order valence-electron chi connectivity index (χ0n) is 15.3. The van der Waals surface area contributed by atoms with Crippen molar-refractivity contribution >= 4 is 39.0 Å². The number of halogens is 1. The molecule has 0 bridgehead atoms. The predicted octanol–water partition coefficient (Wildman–Crippen LogP) is 5.03. The molecule has 26 heavy (non-hydrogen) atoms. The van der Waals surface area contributed by atoms with E-state index in [1.54, 1.807) is 11.3 Å². The summed E-state index contributed by atoms with van der Waals surface area (Å²) >= 11 is 7.99. The number of anilines is 1. The minimum absolute atomic E-state index is 0.314. The average Bonchev–Trinajstić information content (AvgIpc) is 3.02. The van der Waals surface area contributed by atoms with Crippen LogP contribution in [0.1, 0.15) is 22.9 Å². The molecule has 0 aliphatic carbocycles. The van der Waals surface area contributed by atoms with Gasteiger partial charge in [0.2, 0.25) is 5.28 Å². The van der Waals surface area contributed by atoms with Gasteiger partial charge in [-0.25, -0.2) is 4.98 Å². The van der Waals surface area contributed by atoms with Crippen molar-refractivity contribution in [1.82, 2.24) is 9.97 Å². The Labute approximate surface area is 162 Å². The van der Waals surface area contributed by atoms with E-state index in [1.807, 2.05) is 0 Å². The highest BCUT2D eigenvalue weighted by molar-refractivity contribution is 7.19. The number of thiophene rings is 1. The second kappa shape index (κ2) is 7.14. The van der Waals surface area contributed by atoms with E-state index in [9.17, 15) is 0 Å². The molecule has 0 unspecified atom stereocenters. The summed E-state index contributed by atoms with van der Waals surface area (Å²) in [5, 5.41) is 1.44. The number of nitrogens with zero attached hydrogens (tertiary/aromatic N) is 3. The number of aromatic nitrogens is 2. The van der Waals surface area contributed by atoms with Crippen LogP contribution in [0, 0.1) is 13.8 Å². The van der Waals surface area contributed by atoms with Crippen molar-refractivity contribution in [3.8, 4) is 11.1 Å². The van der Waals surface area contributed by atoms with Gasteiger partial charge in [0.05, 0.1) is 18.6 Å². The van der Waals surface area contributed by atoms with Gasteiger partial charge in [0.1, 0.15) is 10.6 Å². The van der Waals surface area contributed by atoms with Gasteiger partial charge in [-0.2, -0.15) is 4.98 Å². The molecule has 0 saturated carbocycles. The molecule has 2 aromatic heterocycles. The third-order valence-electron chi connectivity index (χ3n) is 5.01. The molecule has 4 nitrogen and oxygen atoms in total. The zero-order valence-corrected chi connectivity index (χ0v) is 16.9. The fourth-order valence-electron chi connectivity index (χ4n) is 3.46. The Morgan fingerprint density at radius 2 is 1.92 bits per heavy atom. The van der Waals surface area contributed by atoms with Crippen LogP contribution in [0.25, 0.3) is 21.3 Å². The molecule has 0 N–H and O–H groups in total. The Morgan fingerprint density at radius 3 is 2.62 bits per heavy atom. The molecule has 6 heteroatoms. The average molecular weight is 388 g/mol. The second-order valence-electron chi connectivity index (χ2n) is 6.65. The molecule has 136 valence electrons. The topological polar surface area (TPSA) is 38.2 Å². The molecular weight excluding hydrogens is 366 g/mol. The van der Waals surface area contributed by atoms with Crippen LogP contribution >= 0.6 is 22.9 Å². The van der Waals surface area contributed by atoms with Crippen LogP contribution in [0.3, 0.4) is 0 Å². The van der Waals surface area contributed by atoms with Gasteiger partial charge in [0.15, 0.2) is 0 Å². The summed E-state index contributed by atoms with van der Waals surface area (Å²) in [4.78, 5) is 13.7. The number of fused-ring (bicyclic) bond motifs is 1. The Hall–Kier alpha value is -1.69. The lowest BCUT2D eigenvalue weighted by Gasteiger charge is -2.28. The van der Waals surface area contributed by atoms with Gasteiger partial charge in [0, 0.05) is 23.5 Å². The molecule has 0 atom stereocenters. The van der Waals surface area contributed by atoms with Crippen molar-refractivity contribution in [2.75, 3.05) is 31.2 Å². The van der Waals surface area contributed by atoms with Gasteiger partial charge in [0.25, 0.3) is 0 Å². The Morgan fingerprint density at radius 1 is 1.15 bits per heavy atom. The standard InChI is InChI=1S/C20H22ClN3OS/c1-4-15-16(14-6-5-12(2)13(3)11-14)17-18(24-7-9-25-10-8-24)22-20(21)23-19(17)26-15/h5-6,11H,4,7-10H2,1-3H3. The van der Waals surface area contributed by atoms with Crippen molar-refractivity contribution < 1.29 is 4.74 Å². The molecular formula is C20H22ClN3OS. The lowest BCUT2D eigenvalue weighted by atomic mass is 9.98. The number of ether oxygens (including phenoxy) is 1. The molecule has 0 spiro atoms. The fourth-order valence-corrected chi connectivity index (χ4v) is 4.80. The highest BCUT2D eigenvalue weighted by Crippen LogP contribution is 2.43. The van der Waals surface area contributed by atoms with Gasteiger partial charge in [-0.05, 0) is 48.6 Å². The van der Waals surface area contributed by atoms with Crippen LogP contribution in [0.4, 0.5) is 5.82 Å². The number of aryl methyl sites for hydroxylation is 3. The SMILES string of the molecule is CCc1sc2nc(Cl)nc(N3CCOCC3)c2c1-c1ccc(C)c(C)c1. The van der Waals surface area contributed by atoms with E-state index in [0.717, 1.165) is 35.5 Å². The molecule has 1 aliphatic rings. The molecule has 1 aromatic carbocycles.